The summed E-state index contributed by atoms with van der Waals surface area (Å²) in [7, 11) is 0. The van der Waals surface area contributed by atoms with Gasteiger partial charge in [-0.25, -0.2) is 9.78 Å². The highest BCUT2D eigenvalue weighted by Crippen LogP contribution is 2.18. The smallest absolute Gasteiger partial charge is 0.415 e. The van der Waals surface area contributed by atoms with Crippen molar-refractivity contribution >= 4 is 23.5 Å². The molecule has 0 spiro atoms. The Morgan fingerprint density at radius 2 is 1.68 bits per heavy atom. The molecule has 0 bridgehead atoms. The van der Waals surface area contributed by atoms with Gasteiger partial charge in [-0.3, -0.25) is 4.98 Å². The number of nitrogens with zero attached hydrogens (tertiary/aromatic N) is 4. The third kappa shape index (κ3) is 5.86. The predicted molar refractivity (Wildman–Crippen MR) is 119 cm³/mol. The maximum absolute atomic E-state index is 12.5. The number of benzene rings is 1. The summed E-state index contributed by atoms with van der Waals surface area (Å²) in [6, 6.07) is 14.9. The number of hydrogen-bond donors (Lipinski definition) is 0. The van der Waals surface area contributed by atoms with Crippen LogP contribution in [0.5, 0.6) is 11.5 Å². The highest BCUT2D eigenvalue weighted by atomic mass is 35.5. The standard InChI is InChI=1S/C23H23ClN4O3/c24-19-3-6-22(26-17-19)27-12-14-28(15-13-27)23(29)31-21-4-1-18(2-5-21)9-16-30-20-7-10-25-11-8-20/h1-8,10-11,17H,9,12-16H2. The number of carbonyl (C=O) groups excluding carboxylic acids is 1. The fraction of sp³-hybridized carbons (Fsp3) is 0.261. The zero-order valence-corrected chi connectivity index (χ0v) is 17.7. The lowest BCUT2D eigenvalue weighted by molar-refractivity contribution is 0.149. The Bertz CT molecular complexity index is 976. The van der Waals surface area contributed by atoms with E-state index in [0.717, 1.165) is 23.6 Å². The van der Waals surface area contributed by atoms with Crippen LogP contribution < -0.4 is 14.4 Å². The highest BCUT2D eigenvalue weighted by Gasteiger charge is 2.23. The molecule has 0 atom stereocenters. The van der Waals surface area contributed by atoms with Crippen molar-refractivity contribution in [1.82, 2.24) is 14.9 Å². The number of hydrogen-bond acceptors (Lipinski definition) is 6. The molecular formula is C23H23ClN4O3. The molecular weight excluding hydrogens is 416 g/mol. The van der Waals surface area contributed by atoms with Gasteiger partial charge in [0.2, 0.25) is 0 Å². The molecule has 31 heavy (non-hydrogen) atoms. The molecule has 3 aromatic rings. The third-order valence-corrected chi connectivity index (χ3v) is 5.23. The number of pyridine rings is 2. The minimum absolute atomic E-state index is 0.336. The molecule has 1 aromatic carbocycles. The van der Waals surface area contributed by atoms with Crippen molar-refractivity contribution in [2.75, 3.05) is 37.7 Å². The van der Waals surface area contributed by atoms with Crippen LogP contribution in [-0.4, -0.2) is 53.7 Å². The quantitative estimate of drug-likeness (QED) is 0.577. The second-order valence-electron chi connectivity index (χ2n) is 7.10. The summed E-state index contributed by atoms with van der Waals surface area (Å²) in [5, 5.41) is 0.609. The van der Waals surface area contributed by atoms with Crippen LogP contribution in [0, 0.1) is 0 Å². The van der Waals surface area contributed by atoms with Crippen LogP contribution in [0.2, 0.25) is 5.02 Å². The summed E-state index contributed by atoms with van der Waals surface area (Å²) < 4.78 is 11.2. The number of ether oxygens (including phenoxy) is 2. The second-order valence-corrected chi connectivity index (χ2v) is 7.54. The van der Waals surface area contributed by atoms with Gasteiger partial charge in [-0.15, -0.1) is 0 Å². The first-order valence-corrected chi connectivity index (χ1v) is 10.5. The number of aromatic nitrogens is 2. The van der Waals surface area contributed by atoms with Gasteiger partial charge in [-0.2, -0.15) is 0 Å². The average Bonchev–Trinajstić information content (AvgIpc) is 2.81. The first-order valence-electron chi connectivity index (χ1n) is 10.1. The van der Waals surface area contributed by atoms with Gasteiger partial charge >= 0.3 is 6.09 Å². The van der Waals surface area contributed by atoms with E-state index in [9.17, 15) is 4.79 Å². The molecule has 160 valence electrons. The second kappa shape index (κ2) is 10.1. The van der Waals surface area contributed by atoms with E-state index in [-0.39, 0.29) is 6.09 Å². The summed E-state index contributed by atoms with van der Waals surface area (Å²) >= 11 is 5.89. The lowest BCUT2D eigenvalue weighted by Crippen LogP contribution is -2.49. The van der Waals surface area contributed by atoms with Gasteiger partial charge in [-0.05, 0) is 42.0 Å². The fourth-order valence-corrected chi connectivity index (χ4v) is 3.40. The van der Waals surface area contributed by atoms with Crippen LogP contribution in [0.15, 0.2) is 67.1 Å². The van der Waals surface area contributed by atoms with Gasteiger partial charge in [0.25, 0.3) is 0 Å². The lowest BCUT2D eigenvalue weighted by atomic mass is 10.1. The molecule has 4 rings (SSSR count). The minimum atomic E-state index is -0.336. The molecule has 0 radical (unpaired) electrons. The molecule has 2 aromatic heterocycles. The number of carbonyl (C=O) groups is 1. The maximum Gasteiger partial charge on any atom is 0.415 e. The van der Waals surface area contributed by atoms with Gasteiger partial charge in [0.05, 0.1) is 11.6 Å². The van der Waals surface area contributed by atoms with Crippen LogP contribution in [0.25, 0.3) is 0 Å². The van der Waals surface area contributed by atoms with Gasteiger partial charge in [0, 0.05) is 51.2 Å². The molecule has 3 heterocycles. The van der Waals surface area contributed by atoms with Crippen LogP contribution in [0.1, 0.15) is 5.56 Å². The molecule has 7 nitrogen and oxygen atoms in total. The largest absolute Gasteiger partial charge is 0.493 e. The Kier molecular flexibility index (Phi) is 6.84. The molecule has 0 saturated carbocycles. The average molecular weight is 439 g/mol. The Balaban J connectivity index is 1.22. The molecule has 8 heteroatoms. The summed E-state index contributed by atoms with van der Waals surface area (Å²) in [6.45, 7) is 3.11. The van der Waals surface area contributed by atoms with Crippen molar-refractivity contribution in [2.45, 2.75) is 6.42 Å². The fourth-order valence-electron chi connectivity index (χ4n) is 3.28. The molecule has 1 fully saturated rings. The van der Waals surface area contributed by atoms with Crippen molar-refractivity contribution in [3.05, 3.63) is 77.7 Å². The normalized spacial score (nSPS) is 13.7. The molecule has 0 aliphatic carbocycles. The van der Waals surface area contributed by atoms with Crippen molar-refractivity contribution < 1.29 is 14.3 Å². The third-order valence-electron chi connectivity index (χ3n) is 5.01. The summed E-state index contributed by atoms with van der Waals surface area (Å²) in [5.74, 6) is 2.19. The Morgan fingerprint density at radius 3 is 2.35 bits per heavy atom. The van der Waals surface area contributed by atoms with Crippen LogP contribution in [-0.2, 0) is 6.42 Å². The molecule has 1 saturated heterocycles. The van der Waals surface area contributed by atoms with Crippen LogP contribution in [0.4, 0.5) is 10.6 Å². The van der Waals surface area contributed by atoms with Gasteiger partial charge in [0.1, 0.15) is 17.3 Å². The number of rotatable bonds is 6. The highest BCUT2D eigenvalue weighted by molar-refractivity contribution is 6.30. The molecule has 0 N–H and O–H groups in total. The number of piperazine rings is 1. The number of anilines is 1. The van der Waals surface area contributed by atoms with Crippen molar-refractivity contribution in [2.24, 2.45) is 0 Å². The van der Waals surface area contributed by atoms with Gasteiger partial charge in [-0.1, -0.05) is 23.7 Å². The van der Waals surface area contributed by atoms with Gasteiger partial charge < -0.3 is 19.3 Å². The molecule has 0 unspecified atom stereocenters. The van der Waals surface area contributed by atoms with Crippen molar-refractivity contribution in [1.29, 1.82) is 0 Å². The monoisotopic (exact) mass is 438 g/mol. The molecule has 1 aliphatic rings. The van der Waals surface area contributed by atoms with Crippen molar-refractivity contribution in [3.8, 4) is 11.5 Å². The van der Waals surface area contributed by atoms with E-state index in [0.29, 0.717) is 43.6 Å². The summed E-state index contributed by atoms with van der Waals surface area (Å²) in [6.07, 6.45) is 5.46. The van der Waals surface area contributed by atoms with E-state index in [1.807, 2.05) is 48.5 Å². The first kappa shape index (κ1) is 20.9. The first-order chi connectivity index (χ1) is 15.2. The number of amides is 1. The zero-order valence-electron chi connectivity index (χ0n) is 17.0. The lowest BCUT2D eigenvalue weighted by Gasteiger charge is -2.34. The van der Waals surface area contributed by atoms with Crippen LogP contribution >= 0.6 is 11.6 Å². The Hall–Kier alpha value is -3.32. The van der Waals surface area contributed by atoms with E-state index in [4.69, 9.17) is 21.1 Å². The van der Waals surface area contributed by atoms with Crippen molar-refractivity contribution in [3.63, 3.8) is 0 Å². The Morgan fingerprint density at radius 1 is 0.935 bits per heavy atom. The maximum atomic E-state index is 12.5. The minimum Gasteiger partial charge on any atom is -0.493 e. The van der Waals surface area contributed by atoms with E-state index in [2.05, 4.69) is 14.9 Å². The van der Waals surface area contributed by atoms with E-state index in [1.54, 1.807) is 23.5 Å². The Labute approximate surface area is 186 Å². The zero-order chi connectivity index (χ0) is 21.5. The summed E-state index contributed by atoms with van der Waals surface area (Å²) in [4.78, 5) is 24.6. The molecule has 1 amide bonds. The predicted octanol–water partition coefficient (Wildman–Crippen LogP) is 4.07. The topological polar surface area (TPSA) is 67.8 Å². The van der Waals surface area contributed by atoms with Gasteiger partial charge in [0.15, 0.2) is 0 Å². The van der Waals surface area contributed by atoms with Crippen LogP contribution in [0.3, 0.4) is 0 Å². The van der Waals surface area contributed by atoms with E-state index >= 15 is 0 Å². The summed E-state index contributed by atoms with van der Waals surface area (Å²) in [5.41, 5.74) is 1.11. The van der Waals surface area contributed by atoms with E-state index < -0.39 is 0 Å². The van der Waals surface area contributed by atoms with E-state index in [1.165, 1.54) is 0 Å². The molecule has 1 aliphatic heterocycles. The number of halogens is 1. The SMILES string of the molecule is O=C(Oc1ccc(CCOc2ccncc2)cc1)N1CCN(c2ccc(Cl)cn2)CC1.